The number of benzene rings is 4. The minimum Gasteiger partial charge on any atom is -0.322 e. The van der Waals surface area contributed by atoms with E-state index in [-0.39, 0.29) is 21.1 Å². The topological polar surface area (TPSA) is 97.3 Å². The minimum atomic E-state index is -3.97. The first-order valence-corrected chi connectivity index (χ1v) is 15.5. The van der Waals surface area contributed by atoms with Gasteiger partial charge in [-0.1, -0.05) is 74.0 Å². The van der Waals surface area contributed by atoms with E-state index in [1.807, 2.05) is 24.3 Å². The van der Waals surface area contributed by atoms with Gasteiger partial charge in [-0.3, -0.25) is 18.9 Å². The van der Waals surface area contributed by atoms with Crippen molar-refractivity contribution in [3.63, 3.8) is 0 Å². The van der Waals surface area contributed by atoms with Crippen LogP contribution in [0.15, 0.2) is 101 Å². The SMILES string of the molecule is CC(C)(C)c1ccc(C(=O)Nc2cccc(NS(=O)(=O)c3ccc4c(c3)sc(=O)n4Cc3ccc(Cl)cc3)c2)cc1. The summed E-state index contributed by atoms with van der Waals surface area (Å²) < 4.78 is 31.2. The molecule has 1 aromatic heterocycles. The average molecular weight is 606 g/mol. The number of nitrogens with zero attached hydrogens (tertiary/aromatic N) is 1. The second kappa shape index (κ2) is 11.2. The molecule has 0 atom stereocenters. The molecule has 210 valence electrons. The van der Waals surface area contributed by atoms with E-state index >= 15 is 0 Å². The molecule has 5 aromatic rings. The summed E-state index contributed by atoms with van der Waals surface area (Å²) in [5.74, 6) is -0.297. The number of hydrogen-bond acceptors (Lipinski definition) is 5. The highest BCUT2D eigenvalue weighted by atomic mass is 35.5. The number of anilines is 2. The molecule has 0 aliphatic carbocycles. The van der Waals surface area contributed by atoms with Crippen molar-refractivity contribution in [3.05, 3.63) is 122 Å². The summed E-state index contributed by atoms with van der Waals surface area (Å²) in [4.78, 5) is 25.3. The van der Waals surface area contributed by atoms with Crippen LogP contribution in [0.4, 0.5) is 11.4 Å². The zero-order valence-electron chi connectivity index (χ0n) is 22.6. The van der Waals surface area contributed by atoms with Crippen LogP contribution >= 0.6 is 22.9 Å². The molecule has 0 aliphatic heterocycles. The second-order valence-electron chi connectivity index (χ2n) is 10.7. The van der Waals surface area contributed by atoms with Crippen LogP contribution in [0.5, 0.6) is 0 Å². The maximum Gasteiger partial charge on any atom is 0.308 e. The predicted molar refractivity (Wildman–Crippen MR) is 167 cm³/mol. The van der Waals surface area contributed by atoms with Gasteiger partial charge in [-0.2, -0.15) is 0 Å². The van der Waals surface area contributed by atoms with Gasteiger partial charge in [-0.25, -0.2) is 8.42 Å². The largest absolute Gasteiger partial charge is 0.322 e. The normalized spacial score (nSPS) is 11.9. The molecule has 0 saturated carbocycles. The standard InChI is InChI=1S/C31H28ClN3O4S2/c1-31(2,3)22-11-9-21(10-12-22)29(36)33-24-5-4-6-25(17-24)34-41(38,39)26-15-16-27-28(18-26)40-30(37)35(27)19-20-7-13-23(32)14-8-20/h4-18,34H,19H2,1-3H3,(H,33,36). The van der Waals surface area contributed by atoms with Gasteiger partial charge >= 0.3 is 4.87 Å². The summed E-state index contributed by atoms with van der Waals surface area (Å²) >= 11 is 6.95. The smallest absolute Gasteiger partial charge is 0.308 e. The van der Waals surface area contributed by atoms with Gasteiger partial charge < -0.3 is 5.32 Å². The fraction of sp³-hybridized carbons (Fsp3) is 0.161. The summed E-state index contributed by atoms with van der Waals surface area (Å²) in [6.45, 7) is 6.66. The van der Waals surface area contributed by atoms with Crippen LogP contribution in [-0.2, 0) is 22.0 Å². The number of amides is 1. The Hall–Kier alpha value is -3.92. The summed E-state index contributed by atoms with van der Waals surface area (Å²) in [5, 5.41) is 3.43. The Morgan fingerprint density at radius 1 is 0.902 bits per heavy atom. The van der Waals surface area contributed by atoms with Gasteiger partial charge in [0.25, 0.3) is 15.9 Å². The number of thiazole rings is 1. The maximum atomic E-state index is 13.2. The van der Waals surface area contributed by atoms with Crippen LogP contribution in [0.2, 0.25) is 5.02 Å². The Morgan fingerprint density at radius 2 is 1.59 bits per heavy atom. The fourth-order valence-corrected chi connectivity index (χ4v) is 6.54. The molecule has 0 radical (unpaired) electrons. The van der Waals surface area contributed by atoms with Gasteiger partial charge in [0.1, 0.15) is 0 Å². The zero-order valence-corrected chi connectivity index (χ0v) is 25.0. The van der Waals surface area contributed by atoms with Crippen LogP contribution in [0.1, 0.15) is 42.3 Å². The van der Waals surface area contributed by atoms with Crippen LogP contribution in [0.3, 0.4) is 0 Å². The van der Waals surface area contributed by atoms with Gasteiger partial charge in [0.05, 0.1) is 27.3 Å². The van der Waals surface area contributed by atoms with Crippen LogP contribution < -0.4 is 14.9 Å². The first-order chi connectivity index (χ1) is 19.4. The lowest BCUT2D eigenvalue weighted by molar-refractivity contribution is 0.102. The zero-order chi connectivity index (χ0) is 29.4. The van der Waals surface area contributed by atoms with Gasteiger partial charge in [-0.15, -0.1) is 0 Å². The quantitative estimate of drug-likeness (QED) is 0.206. The molecule has 0 spiro atoms. The molecule has 0 unspecified atom stereocenters. The van der Waals surface area contributed by atoms with Crippen LogP contribution in [0, 0.1) is 0 Å². The van der Waals surface area contributed by atoms with Crippen molar-refractivity contribution in [1.82, 2.24) is 4.57 Å². The van der Waals surface area contributed by atoms with Crippen molar-refractivity contribution in [2.75, 3.05) is 10.0 Å². The molecule has 41 heavy (non-hydrogen) atoms. The minimum absolute atomic E-state index is 0.0235. The Bertz CT molecular complexity index is 1900. The van der Waals surface area contributed by atoms with Crippen molar-refractivity contribution in [1.29, 1.82) is 0 Å². The van der Waals surface area contributed by atoms with E-state index in [2.05, 4.69) is 30.8 Å². The van der Waals surface area contributed by atoms with E-state index in [1.54, 1.807) is 59.2 Å². The molecule has 0 aliphatic rings. The molecule has 0 fully saturated rings. The number of rotatable bonds is 7. The number of hydrogen-bond donors (Lipinski definition) is 2. The lowest BCUT2D eigenvalue weighted by Crippen LogP contribution is -2.15. The second-order valence-corrected chi connectivity index (χ2v) is 13.8. The third-order valence-corrected chi connectivity index (χ3v) is 9.16. The van der Waals surface area contributed by atoms with Gasteiger partial charge in [-0.05, 0) is 77.2 Å². The number of carbonyl (C=O) groups excluding carboxylic acids is 1. The molecule has 4 aromatic carbocycles. The Labute approximate surface area is 247 Å². The highest BCUT2D eigenvalue weighted by Gasteiger charge is 2.18. The average Bonchev–Trinajstić information content (AvgIpc) is 3.23. The molecule has 0 bridgehead atoms. The van der Waals surface area contributed by atoms with Gasteiger partial charge in [0.15, 0.2) is 0 Å². The number of halogens is 1. The lowest BCUT2D eigenvalue weighted by Gasteiger charge is -2.19. The molecule has 2 N–H and O–H groups in total. The number of fused-ring (bicyclic) bond motifs is 1. The number of carbonyl (C=O) groups is 1. The van der Waals surface area contributed by atoms with Crippen molar-refractivity contribution in [2.24, 2.45) is 0 Å². The van der Waals surface area contributed by atoms with E-state index in [0.717, 1.165) is 22.5 Å². The van der Waals surface area contributed by atoms with E-state index in [4.69, 9.17) is 11.6 Å². The highest BCUT2D eigenvalue weighted by Crippen LogP contribution is 2.26. The Kier molecular flexibility index (Phi) is 7.78. The monoisotopic (exact) mass is 605 g/mol. The van der Waals surface area contributed by atoms with E-state index in [0.29, 0.717) is 38.7 Å². The van der Waals surface area contributed by atoms with Crippen molar-refractivity contribution >= 4 is 60.5 Å². The summed E-state index contributed by atoms with van der Waals surface area (Å²) in [6.07, 6.45) is 0. The number of aromatic nitrogens is 1. The molecule has 1 amide bonds. The van der Waals surface area contributed by atoms with Crippen molar-refractivity contribution in [2.45, 2.75) is 37.6 Å². The van der Waals surface area contributed by atoms with Gasteiger partial charge in [0.2, 0.25) is 0 Å². The molecular formula is C31H28ClN3O4S2. The molecule has 1 heterocycles. The Balaban J connectivity index is 1.32. The van der Waals surface area contributed by atoms with E-state index in [9.17, 15) is 18.0 Å². The first kappa shape index (κ1) is 28.6. The maximum absolute atomic E-state index is 13.2. The van der Waals surface area contributed by atoms with Crippen molar-refractivity contribution < 1.29 is 13.2 Å². The molecular weight excluding hydrogens is 578 g/mol. The lowest BCUT2D eigenvalue weighted by atomic mass is 9.87. The highest BCUT2D eigenvalue weighted by molar-refractivity contribution is 7.92. The third kappa shape index (κ3) is 6.53. The Morgan fingerprint density at radius 3 is 2.27 bits per heavy atom. The van der Waals surface area contributed by atoms with E-state index < -0.39 is 10.0 Å². The predicted octanol–water partition coefficient (Wildman–Crippen LogP) is 7.12. The van der Waals surface area contributed by atoms with Crippen LogP contribution in [0.25, 0.3) is 10.2 Å². The summed E-state index contributed by atoms with van der Waals surface area (Å²) in [6, 6.07) is 25.7. The van der Waals surface area contributed by atoms with E-state index in [1.165, 1.54) is 12.1 Å². The summed E-state index contributed by atoms with van der Waals surface area (Å²) in [5.41, 5.74) is 3.89. The summed E-state index contributed by atoms with van der Waals surface area (Å²) in [7, 11) is -3.97. The molecule has 10 heteroatoms. The third-order valence-electron chi connectivity index (χ3n) is 6.59. The van der Waals surface area contributed by atoms with Gasteiger partial charge in [0, 0.05) is 16.3 Å². The van der Waals surface area contributed by atoms with Crippen LogP contribution in [-0.4, -0.2) is 18.9 Å². The molecule has 0 saturated heterocycles. The fourth-order valence-electron chi connectivity index (χ4n) is 4.34. The number of nitrogens with one attached hydrogen (secondary N) is 2. The first-order valence-electron chi connectivity index (χ1n) is 12.8. The molecule has 5 rings (SSSR count). The molecule has 7 nitrogen and oxygen atoms in total. The number of sulfonamides is 1. The van der Waals surface area contributed by atoms with Crippen molar-refractivity contribution in [3.8, 4) is 0 Å².